The minimum Gasteiger partial charge on any atom is -0.338 e. The minimum atomic E-state index is -4.37. The summed E-state index contributed by atoms with van der Waals surface area (Å²) in [6.45, 7) is 6.08. The number of piperidine rings is 1. The van der Waals surface area contributed by atoms with Gasteiger partial charge in [0, 0.05) is 13.1 Å². The Morgan fingerprint density at radius 2 is 1.96 bits per heavy atom. The molecule has 0 saturated carbocycles. The number of nitrogens with zero attached hydrogens (tertiary/aromatic N) is 1. The van der Waals surface area contributed by atoms with Gasteiger partial charge in [-0.1, -0.05) is 19.1 Å². The number of nitrogens with one attached hydrogen (secondary N) is 2. The third-order valence-corrected chi connectivity index (χ3v) is 4.52. The highest BCUT2D eigenvalue weighted by molar-refractivity contribution is 5.73. The van der Waals surface area contributed by atoms with Gasteiger partial charge in [-0.15, -0.1) is 0 Å². The Bertz CT molecular complexity index is 555. The van der Waals surface area contributed by atoms with E-state index in [4.69, 9.17) is 0 Å². The average Bonchev–Trinajstić information content (AvgIpc) is 2.58. The summed E-state index contributed by atoms with van der Waals surface area (Å²) in [5.74, 6) is 0.802. The van der Waals surface area contributed by atoms with Crippen LogP contribution in [0.15, 0.2) is 24.3 Å². The number of halogens is 3. The van der Waals surface area contributed by atoms with E-state index in [9.17, 15) is 18.0 Å². The molecule has 2 amide bonds. The van der Waals surface area contributed by atoms with Gasteiger partial charge >= 0.3 is 12.2 Å². The number of hydrogen-bond acceptors (Lipinski definition) is 2. The number of alkyl halides is 3. The van der Waals surface area contributed by atoms with Crippen molar-refractivity contribution in [3.8, 4) is 0 Å². The zero-order valence-electron chi connectivity index (χ0n) is 14.5. The van der Waals surface area contributed by atoms with Gasteiger partial charge in [-0.3, -0.25) is 0 Å². The summed E-state index contributed by atoms with van der Waals surface area (Å²) in [6.07, 6.45) is -1.05. The Morgan fingerprint density at radius 3 is 2.64 bits per heavy atom. The first kappa shape index (κ1) is 19.6. The third-order valence-electron chi connectivity index (χ3n) is 4.52. The largest absolute Gasteiger partial charge is 0.416 e. The maximum absolute atomic E-state index is 12.6. The Labute approximate surface area is 146 Å². The molecule has 4 nitrogen and oxygen atoms in total. The van der Waals surface area contributed by atoms with Gasteiger partial charge < -0.3 is 15.5 Å². The van der Waals surface area contributed by atoms with Gasteiger partial charge in [0.2, 0.25) is 0 Å². The number of carbonyl (C=O) groups is 1. The molecule has 0 bridgehead atoms. The summed E-state index contributed by atoms with van der Waals surface area (Å²) < 4.78 is 37.9. The molecular weight excluding hydrogens is 331 g/mol. The summed E-state index contributed by atoms with van der Waals surface area (Å²) in [7, 11) is 0. The van der Waals surface area contributed by atoms with Crippen molar-refractivity contribution in [2.45, 2.75) is 38.9 Å². The van der Waals surface area contributed by atoms with Crippen LogP contribution in [-0.4, -0.2) is 37.1 Å². The maximum atomic E-state index is 12.6. The van der Waals surface area contributed by atoms with E-state index in [1.54, 1.807) is 6.07 Å². The monoisotopic (exact) mass is 357 g/mol. The lowest BCUT2D eigenvalue weighted by Gasteiger charge is -2.30. The van der Waals surface area contributed by atoms with Crippen LogP contribution in [0, 0.1) is 5.92 Å². The summed E-state index contributed by atoms with van der Waals surface area (Å²) in [5.41, 5.74) is -0.282. The lowest BCUT2D eigenvalue weighted by molar-refractivity contribution is -0.137. The molecule has 1 heterocycles. The lowest BCUT2D eigenvalue weighted by Crippen LogP contribution is -2.38. The van der Waals surface area contributed by atoms with Gasteiger partial charge in [-0.05, 0) is 62.5 Å². The second-order valence-corrected chi connectivity index (χ2v) is 6.69. The number of urea groups is 1. The van der Waals surface area contributed by atoms with Crippen LogP contribution in [0.4, 0.5) is 18.0 Å². The zero-order chi connectivity index (χ0) is 18.3. The Morgan fingerprint density at radius 1 is 1.24 bits per heavy atom. The van der Waals surface area contributed by atoms with Crippen molar-refractivity contribution < 1.29 is 18.0 Å². The standard InChI is InChI=1S/C18H26F3N3O/c1-14-6-10-24(11-7-14)9-3-8-22-17(25)23-13-15-4-2-5-16(12-15)18(19,20)21/h2,4-5,12,14H,3,6-11,13H2,1H3,(H2,22,23,25). The fraction of sp³-hybridized carbons (Fsp3) is 0.611. The van der Waals surface area contributed by atoms with Crippen LogP contribution >= 0.6 is 0 Å². The van der Waals surface area contributed by atoms with E-state index in [1.165, 1.54) is 18.9 Å². The van der Waals surface area contributed by atoms with E-state index in [0.29, 0.717) is 12.1 Å². The fourth-order valence-corrected chi connectivity index (χ4v) is 2.89. The molecule has 0 aromatic heterocycles. The van der Waals surface area contributed by atoms with Gasteiger partial charge in [-0.2, -0.15) is 13.2 Å². The SMILES string of the molecule is CC1CCN(CCCNC(=O)NCc2cccc(C(F)(F)F)c2)CC1. The first-order valence-corrected chi connectivity index (χ1v) is 8.75. The van der Waals surface area contributed by atoms with Gasteiger partial charge in [0.1, 0.15) is 0 Å². The number of hydrogen-bond donors (Lipinski definition) is 2. The smallest absolute Gasteiger partial charge is 0.338 e. The number of benzene rings is 1. The molecule has 140 valence electrons. The molecule has 2 N–H and O–H groups in total. The van der Waals surface area contributed by atoms with Gasteiger partial charge in [0.05, 0.1) is 5.56 Å². The van der Waals surface area contributed by atoms with Crippen LogP contribution in [0.1, 0.15) is 37.3 Å². The van der Waals surface area contributed by atoms with Crippen molar-refractivity contribution >= 4 is 6.03 Å². The van der Waals surface area contributed by atoms with E-state index >= 15 is 0 Å². The average molecular weight is 357 g/mol. The fourth-order valence-electron chi connectivity index (χ4n) is 2.89. The molecule has 1 aliphatic rings. The van der Waals surface area contributed by atoms with Gasteiger partial charge in [0.15, 0.2) is 0 Å². The van der Waals surface area contributed by atoms with Crippen molar-refractivity contribution in [2.24, 2.45) is 5.92 Å². The molecule has 1 fully saturated rings. The van der Waals surface area contributed by atoms with Gasteiger partial charge in [-0.25, -0.2) is 4.79 Å². The van der Waals surface area contributed by atoms with Crippen LogP contribution in [0.25, 0.3) is 0 Å². The highest BCUT2D eigenvalue weighted by Crippen LogP contribution is 2.29. The second kappa shape index (κ2) is 9.08. The molecule has 2 rings (SSSR count). The molecule has 1 aromatic rings. The van der Waals surface area contributed by atoms with Crippen molar-refractivity contribution in [2.75, 3.05) is 26.2 Å². The molecule has 0 atom stereocenters. The van der Waals surface area contributed by atoms with Crippen LogP contribution in [0.2, 0.25) is 0 Å². The molecule has 25 heavy (non-hydrogen) atoms. The molecule has 1 aliphatic heterocycles. The van der Waals surface area contributed by atoms with E-state index in [0.717, 1.165) is 44.1 Å². The summed E-state index contributed by atoms with van der Waals surface area (Å²) in [5, 5.41) is 5.34. The predicted octanol–water partition coefficient (Wildman–Crippen LogP) is 3.63. The highest BCUT2D eigenvalue weighted by atomic mass is 19.4. The van der Waals surface area contributed by atoms with Crippen LogP contribution in [0.5, 0.6) is 0 Å². The van der Waals surface area contributed by atoms with E-state index in [-0.39, 0.29) is 12.6 Å². The normalized spacial score (nSPS) is 16.6. The van der Waals surface area contributed by atoms with Gasteiger partial charge in [0.25, 0.3) is 0 Å². The van der Waals surface area contributed by atoms with Crippen molar-refractivity contribution in [1.29, 1.82) is 0 Å². The molecule has 0 aliphatic carbocycles. The van der Waals surface area contributed by atoms with E-state index < -0.39 is 11.7 Å². The number of rotatable bonds is 6. The van der Waals surface area contributed by atoms with Crippen molar-refractivity contribution in [3.05, 3.63) is 35.4 Å². The second-order valence-electron chi connectivity index (χ2n) is 6.69. The van der Waals surface area contributed by atoms with Crippen LogP contribution in [-0.2, 0) is 12.7 Å². The van der Waals surface area contributed by atoms with E-state index in [2.05, 4.69) is 22.5 Å². The molecular formula is C18H26F3N3O. The Balaban J connectivity index is 1.62. The molecule has 1 saturated heterocycles. The summed E-state index contributed by atoms with van der Waals surface area (Å²) in [4.78, 5) is 14.1. The predicted molar refractivity (Wildman–Crippen MR) is 91.1 cm³/mol. The Hall–Kier alpha value is -1.76. The summed E-state index contributed by atoms with van der Waals surface area (Å²) >= 11 is 0. The first-order chi connectivity index (χ1) is 11.8. The summed E-state index contributed by atoms with van der Waals surface area (Å²) in [6, 6.07) is 4.62. The van der Waals surface area contributed by atoms with Crippen LogP contribution < -0.4 is 10.6 Å². The Kier molecular flexibility index (Phi) is 7.11. The molecule has 7 heteroatoms. The molecule has 0 radical (unpaired) electrons. The third kappa shape index (κ3) is 6.94. The maximum Gasteiger partial charge on any atom is 0.416 e. The highest BCUT2D eigenvalue weighted by Gasteiger charge is 2.30. The van der Waals surface area contributed by atoms with Crippen molar-refractivity contribution in [3.63, 3.8) is 0 Å². The number of likely N-dealkylation sites (tertiary alicyclic amines) is 1. The topological polar surface area (TPSA) is 44.4 Å². The van der Waals surface area contributed by atoms with Crippen LogP contribution in [0.3, 0.4) is 0 Å². The first-order valence-electron chi connectivity index (χ1n) is 8.75. The van der Waals surface area contributed by atoms with E-state index in [1.807, 2.05) is 0 Å². The molecule has 1 aromatic carbocycles. The zero-order valence-corrected chi connectivity index (χ0v) is 14.5. The van der Waals surface area contributed by atoms with Crippen molar-refractivity contribution in [1.82, 2.24) is 15.5 Å². The minimum absolute atomic E-state index is 0.0692. The molecule has 0 spiro atoms. The lowest BCUT2D eigenvalue weighted by atomic mass is 9.99. The number of amides is 2. The number of carbonyl (C=O) groups excluding carboxylic acids is 1. The molecule has 0 unspecified atom stereocenters. The quantitative estimate of drug-likeness (QED) is 0.764.